The van der Waals surface area contributed by atoms with E-state index in [9.17, 15) is 0 Å². The molecule has 5 nitrogen and oxygen atoms in total. The maximum atomic E-state index is 8.58. The molecule has 0 spiro atoms. The van der Waals surface area contributed by atoms with Gasteiger partial charge in [0.2, 0.25) is 0 Å². The standard InChI is InChI=1S/C58H59N4O.Pt/c1-39-16-13-22-48(41-18-15-19-42(33-41)56(2,3)4)47(39)29-31-60-38-61(52-27-24-43(34-54(52)60)57(5,6)7)45-20-14-17-40(32-45)37-63-46-25-26-50-49-21-11-12-23-51(49)62(53(50)36-46)55-35-44(28-30-59-55)58(8,9)10;/h11-28,30,33-35,38H,29,31,37H2,1-10H3;/q-3;/i1D3;. The number of hydrogen-bond acceptors (Lipinski definition) is 4. The van der Waals surface area contributed by atoms with Gasteiger partial charge >= 0.3 is 0 Å². The van der Waals surface area contributed by atoms with Crippen molar-refractivity contribution in [3.63, 3.8) is 0 Å². The van der Waals surface area contributed by atoms with Crippen LogP contribution in [0, 0.1) is 25.7 Å². The Hall–Kier alpha value is -5.64. The fourth-order valence-electron chi connectivity index (χ4n) is 8.66. The monoisotopic (exact) mass is 1030 g/mol. The average Bonchev–Trinajstić information content (AvgIpc) is 3.81. The minimum atomic E-state index is -2.26. The van der Waals surface area contributed by atoms with Crippen LogP contribution in [-0.4, -0.2) is 16.1 Å². The van der Waals surface area contributed by atoms with Crippen LogP contribution in [0.25, 0.3) is 38.8 Å². The summed E-state index contributed by atoms with van der Waals surface area (Å²) in [5.41, 5.74) is 12.6. The molecule has 0 aliphatic carbocycles. The van der Waals surface area contributed by atoms with Gasteiger partial charge in [0, 0.05) is 54.0 Å². The van der Waals surface area contributed by atoms with Gasteiger partial charge in [0.05, 0.1) is 6.61 Å². The maximum Gasteiger partial charge on any atom is 0.135 e. The van der Waals surface area contributed by atoms with E-state index in [0.29, 0.717) is 30.9 Å². The zero-order valence-corrected chi connectivity index (χ0v) is 40.7. The number of nitrogens with zero attached hydrogens (tertiary/aromatic N) is 4. The van der Waals surface area contributed by atoms with E-state index in [1.807, 2.05) is 30.5 Å². The summed E-state index contributed by atoms with van der Waals surface area (Å²) in [4.78, 5) is 9.29. The molecule has 0 fully saturated rings. The molecular formula is C58H59N4OPt-3. The summed E-state index contributed by atoms with van der Waals surface area (Å²) in [5.74, 6) is 1.49. The first-order chi connectivity index (χ1) is 31.2. The quantitative estimate of drug-likeness (QED) is 0.135. The number of aromatic nitrogens is 2. The van der Waals surface area contributed by atoms with Crippen LogP contribution in [-0.2, 0) is 50.3 Å². The normalized spacial score (nSPS) is 14.0. The second-order valence-corrected chi connectivity index (χ2v) is 20.0. The minimum absolute atomic E-state index is 0. The second kappa shape index (κ2) is 17.4. The van der Waals surface area contributed by atoms with E-state index in [4.69, 9.17) is 13.8 Å². The Morgan fingerprint density at radius 1 is 0.672 bits per heavy atom. The number of anilines is 3. The molecule has 1 aliphatic heterocycles. The van der Waals surface area contributed by atoms with Crippen LogP contribution in [0.15, 0.2) is 134 Å². The zero-order valence-electron chi connectivity index (χ0n) is 41.4. The molecule has 0 amide bonds. The fourth-order valence-corrected chi connectivity index (χ4v) is 8.66. The molecule has 2 aromatic heterocycles. The maximum absolute atomic E-state index is 8.58. The molecular weight excluding hydrogens is 964 g/mol. The van der Waals surface area contributed by atoms with E-state index in [-0.39, 0.29) is 37.3 Å². The van der Waals surface area contributed by atoms with Gasteiger partial charge in [-0.05, 0) is 111 Å². The van der Waals surface area contributed by atoms with Gasteiger partial charge in [-0.1, -0.05) is 135 Å². The Labute approximate surface area is 399 Å². The first-order valence-electron chi connectivity index (χ1n) is 23.6. The molecule has 0 unspecified atom stereocenters. The van der Waals surface area contributed by atoms with Gasteiger partial charge in [0.1, 0.15) is 5.82 Å². The summed E-state index contributed by atoms with van der Waals surface area (Å²) in [6.07, 6.45) is 2.42. The van der Waals surface area contributed by atoms with E-state index in [0.717, 1.165) is 66.9 Å². The molecule has 9 rings (SSSR count). The van der Waals surface area contributed by atoms with Gasteiger partial charge in [-0.2, -0.15) is 37.0 Å². The number of rotatable bonds is 9. The van der Waals surface area contributed by atoms with E-state index in [1.165, 1.54) is 16.7 Å². The van der Waals surface area contributed by atoms with Crippen LogP contribution in [0.4, 0.5) is 17.1 Å². The number of aryl methyl sites for hydroxylation is 1. The first kappa shape index (κ1) is 41.1. The number of fused-ring (bicyclic) bond motifs is 4. The van der Waals surface area contributed by atoms with Crippen LogP contribution in [0.1, 0.15) is 99.8 Å². The minimum Gasteiger partial charge on any atom is -0.517 e. The third-order valence-corrected chi connectivity index (χ3v) is 12.4. The van der Waals surface area contributed by atoms with Crippen molar-refractivity contribution in [2.45, 2.75) is 98.4 Å². The van der Waals surface area contributed by atoms with E-state index in [2.05, 4.69) is 193 Å². The molecule has 1 aliphatic rings. The summed E-state index contributed by atoms with van der Waals surface area (Å²) in [5, 5.41) is 2.22. The SMILES string of the molecule is [2H]C([2H])([2H])c1cccc(-c2cccc(C(C)(C)C)c2)c1CCN1[CH-]N(c2[c-]c(COc3[c-]c4c(cc3)c3ccccc3n4-c3cc(C(C)(C)C)ccn3)ccc2)c2ccc(C(C)(C)C)cc21.[Pt]. The Morgan fingerprint density at radius 2 is 1.41 bits per heavy atom. The number of benzene rings is 6. The van der Waals surface area contributed by atoms with Crippen molar-refractivity contribution in [2.24, 2.45) is 0 Å². The van der Waals surface area contributed by atoms with Crippen molar-refractivity contribution in [1.29, 1.82) is 0 Å². The van der Waals surface area contributed by atoms with E-state index >= 15 is 0 Å². The molecule has 6 heteroatoms. The van der Waals surface area contributed by atoms with Crippen molar-refractivity contribution < 1.29 is 29.9 Å². The van der Waals surface area contributed by atoms with Gasteiger partial charge < -0.3 is 19.1 Å². The molecule has 0 bridgehead atoms. The molecule has 64 heavy (non-hydrogen) atoms. The molecule has 6 aromatic carbocycles. The number of para-hydroxylation sites is 1. The number of pyridine rings is 1. The van der Waals surface area contributed by atoms with Crippen LogP contribution >= 0.6 is 0 Å². The number of ether oxygens (including phenoxy) is 1. The third kappa shape index (κ3) is 8.89. The van der Waals surface area contributed by atoms with Crippen molar-refractivity contribution in [3.8, 4) is 22.7 Å². The van der Waals surface area contributed by atoms with Gasteiger partial charge in [-0.15, -0.1) is 28.8 Å². The van der Waals surface area contributed by atoms with Gasteiger partial charge in [0.15, 0.2) is 0 Å². The molecule has 0 saturated heterocycles. The Bertz CT molecular complexity index is 3100. The molecule has 0 radical (unpaired) electrons. The van der Waals surface area contributed by atoms with Gasteiger partial charge in [0.25, 0.3) is 0 Å². The molecule has 3 heterocycles. The largest absolute Gasteiger partial charge is 0.517 e. The first-order valence-corrected chi connectivity index (χ1v) is 22.1. The molecule has 0 N–H and O–H groups in total. The van der Waals surface area contributed by atoms with Crippen molar-refractivity contribution in [3.05, 3.63) is 186 Å². The van der Waals surface area contributed by atoms with Crippen molar-refractivity contribution in [1.82, 2.24) is 9.55 Å². The Balaban J connectivity index is 0.00000608. The van der Waals surface area contributed by atoms with Crippen molar-refractivity contribution in [2.75, 3.05) is 16.3 Å². The smallest absolute Gasteiger partial charge is 0.135 e. The van der Waals surface area contributed by atoms with Crippen molar-refractivity contribution >= 4 is 38.9 Å². The van der Waals surface area contributed by atoms with E-state index in [1.54, 1.807) is 6.07 Å². The van der Waals surface area contributed by atoms with Crippen LogP contribution in [0.2, 0.25) is 0 Å². The molecule has 8 aromatic rings. The number of hydrogen-bond donors (Lipinski definition) is 0. The average molecular weight is 1030 g/mol. The predicted octanol–water partition coefficient (Wildman–Crippen LogP) is 14.5. The zero-order chi connectivity index (χ0) is 46.8. The second-order valence-electron chi connectivity index (χ2n) is 20.0. The summed E-state index contributed by atoms with van der Waals surface area (Å²) in [7, 11) is 0. The van der Waals surface area contributed by atoms with E-state index < -0.39 is 6.85 Å². The topological polar surface area (TPSA) is 33.5 Å². The molecule has 0 saturated carbocycles. The third-order valence-electron chi connectivity index (χ3n) is 12.4. The summed E-state index contributed by atoms with van der Waals surface area (Å²) in [6.45, 7) is 20.7. The molecule has 330 valence electrons. The Morgan fingerprint density at radius 3 is 2.19 bits per heavy atom. The summed E-state index contributed by atoms with van der Waals surface area (Å²) >= 11 is 0. The van der Waals surface area contributed by atoms with Gasteiger partial charge in [-0.25, -0.2) is 4.98 Å². The van der Waals surface area contributed by atoms with Crippen LogP contribution < -0.4 is 14.5 Å². The summed E-state index contributed by atoms with van der Waals surface area (Å²) < 4.78 is 34.5. The predicted molar refractivity (Wildman–Crippen MR) is 264 cm³/mol. The van der Waals surface area contributed by atoms with Crippen LogP contribution in [0.5, 0.6) is 5.75 Å². The summed E-state index contributed by atoms with van der Waals surface area (Å²) in [6, 6.07) is 51.2. The fraction of sp³-hybridized carbons (Fsp3) is 0.276. The van der Waals surface area contributed by atoms with Gasteiger partial charge in [-0.3, -0.25) is 0 Å². The molecule has 0 atom stereocenters. The van der Waals surface area contributed by atoms with Crippen LogP contribution in [0.3, 0.4) is 0 Å². The Kier molecular flexibility index (Phi) is 11.2.